The highest BCUT2D eigenvalue weighted by Gasteiger charge is 2.89. The molecule has 0 unspecified atom stereocenters. The largest absolute Gasteiger partial charge is 0.457 e. The molecule has 6 aliphatic heterocycles. The lowest BCUT2D eigenvalue weighted by molar-refractivity contribution is -0.370. The van der Waals surface area contributed by atoms with Crippen LogP contribution in [0.4, 0.5) is 0 Å². The summed E-state index contributed by atoms with van der Waals surface area (Å²) in [5.41, 5.74) is -8.83. The van der Waals surface area contributed by atoms with Gasteiger partial charge in [0, 0.05) is 35.0 Å². The smallest absolute Gasteiger partial charge is 0.341 e. The van der Waals surface area contributed by atoms with Crippen LogP contribution in [-0.2, 0) is 42.9 Å². The first kappa shape index (κ1) is 27.6. The van der Waals surface area contributed by atoms with E-state index in [1.165, 1.54) is 6.92 Å². The monoisotopic (exact) mass is 590 g/mol. The molecule has 42 heavy (non-hydrogen) atoms. The molecule has 230 valence electrons. The van der Waals surface area contributed by atoms with Gasteiger partial charge in [0.15, 0.2) is 11.2 Å². The molecule has 0 amide bonds. The topological polar surface area (TPSA) is 175 Å². The van der Waals surface area contributed by atoms with Crippen LogP contribution < -0.4 is 0 Å². The Kier molecular flexibility index (Phi) is 4.68. The number of aliphatic hydroxyl groups excluding tert-OH is 1. The number of fused-ring (bicyclic) bond motifs is 2. The number of hydrogen-bond acceptors (Lipinski definition) is 12. The molecule has 0 aromatic rings. The third kappa shape index (κ3) is 2.48. The Balaban J connectivity index is 1.36. The van der Waals surface area contributed by atoms with E-state index in [1.807, 2.05) is 0 Å². The van der Waals surface area contributed by atoms with E-state index in [-0.39, 0.29) is 31.5 Å². The Morgan fingerprint density at radius 1 is 0.929 bits per heavy atom. The van der Waals surface area contributed by atoms with Crippen LogP contribution in [0.2, 0.25) is 0 Å². The van der Waals surface area contributed by atoms with Crippen molar-refractivity contribution in [2.45, 2.75) is 126 Å². The van der Waals surface area contributed by atoms with Crippen LogP contribution in [0.15, 0.2) is 0 Å². The molecule has 3 N–H and O–H groups in total. The highest BCUT2D eigenvalue weighted by molar-refractivity contribution is 5.99. The van der Waals surface area contributed by atoms with Gasteiger partial charge in [-0.05, 0) is 40.0 Å². The highest BCUT2D eigenvalue weighted by Crippen LogP contribution is 2.76. The minimum absolute atomic E-state index is 0.0295. The van der Waals surface area contributed by atoms with Crippen molar-refractivity contribution >= 4 is 23.5 Å². The van der Waals surface area contributed by atoms with Crippen molar-refractivity contribution in [1.29, 1.82) is 0 Å². The number of ketones is 2. The van der Waals surface area contributed by atoms with Gasteiger partial charge in [-0.15, -0.1) is 0 Å². The number of esters is 2. The molecule has 14 atom stereocenters. The lowest BCUT2D eigenvalue weighted by Crippen LogP contribution is -2.71. The maximum Gasteiger partial charge on any atom is 0.341 e. The van der Waals surface area contributed by atoms with Crippen LogP contribution in [0.3, 0.4) is 0 Å². The molecule has 12 heteroatoms. The summed E-state index contributed by atoms with van der Waals surface area (Å²) in [5.74, 6) is -9.67. The molecule has 6 heterocycles. The third-order valence-electron chi connectivity index (χ3n) is 13.3. The summed E-state index contributed by atoms with van der Waals surface area (Å²) in [4.78, 5) is 54.9. The van der Waals surface area contributed by atoms with Gasteiger partial charge in [0.2, 0.25) is 17.4 Å². The Hall–Kier alpha value is -1.96. The summed E-state index contributed by atoms with van der Waals surface area (Å²) in [6, 6.07) is 0. The van der Waals surface area contributed by atoms with Gasteiger partial charge in [-0.1, -0.05) is 20.8 Å². The average molecular weight is 591 g/mol. The Labute approximate surface area is 242 Å². The number of aliphatic hydroxyl groups is 3. The van der Waals surface area contributed by atoms with E-state index in [2.05, 4.69) is 0 Å². The van der Waals surface area contributed by atoms with Crippen molar-refractivity contribution in [3.05, 3.63) is 0 Å². The summed E-state index contributed by atoms with van der Waals surface area (Å²) < 4.78 is 31.4. The number of carbonyl (C=O) groups is 4. The fraction of sp³-hybridized carbons (Fsp3) is 0.867. The molecular formula is C30H38O12. The molecule has 3 spiro atoms. The maximum atomic E-state index is 15.0. The first-order chi connectivity index (χ1) is 19.3. The van der Waals surface area contributed by atoms with Gasteiger partial charge in [-0.3, -0.25) is 14.4 Å². The molecule has 2 bridgehead atoms. The van der Waals surface area contributed by atoms with Crippen molar-refractivity contribution in [1.82, 2.24) is 0 Å². The van der Waals surface area contributed by atoms with Crippen LogP contribution in [0, 0.1) is 34.5 Å². The molecule has 8 aliphatic rings. The van der Waals surface area contributed by atoms with E-state index in [0.717, 1.165) is 0 Å². The Bertz CT molecular complexity index is 1390. The molecular weight excluding hydrogens is 552 g/mol. The molecule has 0 aromatic heterocycles. The van der Waals surface area contributed by atoms with E-state index >= 15 is 4.79 Å². The standard InChI is InChI=1S/C30H38O12/c1-12-16-18-21(25(5,36)22(35)38-18)40-30-20(34)17-13(31)9-14-23(2,3)41-29(37)10-15(32)39-28(14,29)11-27(17,42-30)8-7-24(4,19(12)33)26(16,30)6/h12-14,16-18,21,31,36-37H,7-11H2,1-6H3/t12-,13+,14+,16-,17+,18-,21+,24-,25-,26+,27+,28-,29-,30-/m1/s1. The Morgan fingerprint density at radius 2 is 1.62 bits per heavy atom. The zero-order valence-electron chi connectivity index (χ0n) is 24.6. The quantitative estimate of drug-likeness (QED) is 0.330. The number of rotatable bonds is 0. The number of Topliss-reactive ketones (excluding diaryl/α,β-unsaturated/α-hetero) is 2. The second kappa shape index (κ2) is 7.13. The first-order valence-corrected chi connectivity index (χ1v) is 15.0. The van der Waals surface area contributed by atoms with E-state index in [4.69, 9.17) is 23.7 Å². The van der Waals surface area contributed by atoms with Crippen molar-refractivity contribution in [2.24, 2.45) is 34.5 Å². The van der Waals surface area contributed by atoms with E-state index in [9.17, 15) is 29.7 Å². The van der Waals surface area contributed by atoms with Crippen molar-refractivity contribution in [2.75, 3.05) is 0 Å². The second-order valence-corrected chi connectivity index (χ2v) is 15.5. The van der Waals surface area contributed by atoms with Crippen molar-refractivity contribution in [3.8, 4) is 0 Å². The second-order valence-electron chi connectivity index (χ2n) is 15.5. The number of hydrogen-bond donors (Lipinski definition) is 3. The lowest BCUT2D eigenvalue weighted by atomic mass is 9.52. The molecule has 2 aliphatic carbocycles. The molecule has 6 saturated heterocycles. The molecule has 0 aromatic carbocycles. The van der Waals surface area contributed by atoms with E-state index in [0.29, 0.717) is 0 Å². The molecule has 8 rings (SSSR count). The van der Waals surface area contributed by atoms with Crippen LogP contribution in [0.5, 0.6) is 0 Å². The van der Waals surface area contributed by atoms with Crippen LogP contribution in [-0.4, -0.2) is 91.1 Å². The predicted molar refractivity (Wildman–Crippen MR) is 136 cm³/mol. The summed E-state index contributed by atoms with van der Waals surface area (Å²) in [6.07, 6.45) is -3.87. The summed E-state index contributed by atoms with van der Waals surface area (Å²) in [6.45, 7) is 10.1. The number of carbonyl (C=O) groups excluding carboxylic acids is 4. The highest BCUT2D eigenvalue weighted by atomic mass is 16.8. The maximum absolute atomic E-state index is 15.0. The Morgan fingerprint density at radius 3 is 2.31 bits per heavy atom. The summed E-state index contributed by atoms with van der Waals surface area (Å²) in [5, 5.41) is 35.0. The fourth-order valence-corrected chi connectivity index (χ4v) is 11.4. The zero-order valence-corrected chi connectivity index (χ0v) is 24.6. The SMILES string of the molecule is C[C@H]1C(=O)[C@@]2(C)CC[C@]34C[C@]56OC(=O)C[C@@]5(O)OC(C)(C)[C@@H]6C[C@H](O)[C@H]3C(=O)[C@@]3(O[C@H]5[C@H](OC(=O)[C@]5(C)O)[C@@H]1[C@]32C)O4. The lowest BCUT2D eigenvalue weighted by Gasteiger charge is -2.57. The summed E-state index contributed by atoms with van der Waals surface area (Å²) in [7, 11) is 0. The minimum Gasteiger partial charge on any atom is -0.457 e. The molecule has 12 nitrogen and oxygen atoms in total. The average Bonchev–Trinajstić information content (AvgIpc) is 3.39. The first-order valence-electron chi connectivity index (χ1n) is 15.0. The zero-order chi connectivity index (χ0) is 30.4. The van der Waals surface area contributed by atoms with Gasteiger partial charge in [-0.25, -0.2) is 4.79 Å². The summed E-state index contributed by atoms with van der Waals surface area (Å²) >= 11 is 0. The minimum atomic E-state index is -2.15. The van der Waals surface area contributed by atoms with Crippen LogP contribution in [0.1, 0.15) is 73.6 Å². The van der Waals surface area contributed by atoms with Crippen molar-refractivity contribution in [3.63, 3.8) is 0 Å². The van der Waals surface area contributed by atoms with Crippen molar-refractivity contribution < 1.29 is 58.2 Å². The van der Waals surface area contributed by atoms with Crippen LogP contribution in [0.25, 0.3) is 0 Å². The number of ether oxygens (including phenoxy) is 5. The van der Waals surface area contributed by atoms with Gasteiger partial charge >= 0.3 is 11.9 Å². The van der Waals surface area contributed by atoms with Gasteiger partial charge in [0.1, 0.15) is 24.4 Å². The normalized spacial score (nSPS) is 61.9. The van der Waals surface area contributed by atoms with E-state index in [1.54, 1.807) is 34.6 Å². The third-order valence-corrected chi connectivity index (χ3v) is 13.3. The van der Waals surface area contributed by atoms with Gasteiger partial charge < -0.3 is 39.0 Å². The van der Waals surface area contributed by atoms with E-state index < -0.39 is 111 Å². The predicted octanol–water partition coefficient (Wildman–Crippen LogP) is 0.308. The van der Waals surface area contributed by atoms with Crippen LogP contribution >= 0.6 is 0 Å². The van der Waals surface area contributed by atoms with Gasteiger partial charge in [0.05, 0.1) is 23.2 Å². The molecule has 0 radical (unpaired) electrons. The van der Waals surface area contributed by atoms with Gasteiger partial charge in [-0.2, -0.15) is 0 Å². The molecule has 2 saturated carbocycles. The fourth-order valence-electron chi connectivity index (χ4n) is 11.4. The van der Waals surface area contributed by atoms with Gasteiger partial charge in [0.25, 0.3) is 0 Å². The molecule has 8 fully saturated rings.